The van der Waals surface area contributed by atoms with E-state index in [1.807, 2.05) is 34.6 Å². The largest absolute Gasteiger partial charge is 0.284 e. The van der Waals surface area contributed by atoms with Crippen LogP contribution in [-0.4, -0.2) is 14.8 Å². The molecule has 0 radical (unpaired) electrons. The number of aromatic nitrogens is 2. The maximum absolute atomic E-state index is 13.1. The van der Waals surface area contributed by atoms with Crippen LogP contribution in [0.2, 0.25) is 0 Å². The van der Waals surface area contributed by atoms with Crippen LogP contribution in [0, 0.1) is 32.1 Å². The molecule has 140 valence electrons. The molecule has 3 rings (SSSR count). The topological polar surface area (TPSA) is 58.7 Å². The Morgan fingerprint density at radius 3 is 2.48 bits per heavy atom. The highest BCUT2D eigenvalue weighted by Gasteiger charge is 2.21. The van der Waals surface area contributed by atoms with Crippen molar-refractivity contribution in [2.45, 2.75) is 57.5 Å². The Labute approximate surface area is 167 Å². The molecule has 0 saturated carbocycles. The van der Waals surface area contributed by atoms with Gasteiger partial charge in [-0.1, -0.05) is 41.6 Å². The van der Waals surface area contributed by atoms with Crippen LogP contribution in [0.15, 0.2) is 34.2 Å². The Hall–Kier alpha value is -2.10. The predicted molar refractivity (Wildman–Crippen MR) is 114 cm³/mol. The van der Waals surface area contributed by atoms with E-state index in [0.29, 0.717) is 17.0 Å². The van der Waals surface area contributed by atoms with Gasteiger partial charge in [0.25, 0.3) is 5.56 Å². The second kappa shape index (κ2) is 7.87. The lowest BCUT2D eigenvalue weighted by Gasteiger charge is -2.17. The van der Waals surface area contributed by atoms with Gasteiger partial charge in [0.1, 0.15) is 10.1 Å². The van der Waals surface area contributed by atoms with E-state index in [1.165, 1.54) is 17.3 Å². The number of rotatable bonds is 5. The minimum Gasteiger partial charge on any atom is -0.284 e. The summed E-state index contributed by atoms with van der Waals surface area (Å²) in [5.41, 5.74) is 3.31. The molecule has 6 heteroatoms. The minimum absolute atomic E-state index is 0.00799. The quantitative estimate of drug-likeness (QED) is 0.439. The molecule has 0 saturated heterocycles. The third-order valence-electron chi connectivity index (χ3n) is 4.65. The van der Waals surface area contributed by atoms with Crippen LogP contribution in [-0.2, 0) is 6.42 Å². The summed E-state index contributed by atoms with van der Waals surface area (Å²) >= 11 is 2.93. The van der Waals surface area contributed by atoms with Gasteiger partial charge in [-0.25, -0.2) is 4.98 Å². The number of thiophene rings is 1. The molecular weight excluding hydrogens is 374 g/mol. The number of nitriles is 1. The fraction of sp³-hybridized carbons (Fsp3) is 0.381. The summed E-state index contributed by atoms with van der Waals surface area (Å²) in [4.78, 5) is 19.8. The van der Waals surface area contributed by atoms with Gasteiger partial charge in [0, 0.05) is 10.9 Å². The minimum atomic E-state index is -0.302. The maximum atomic E-state index is 13.1. The Kier molecular flexibility index (Phi) is 5.73. The molecule has 2 heterocycles. The molecule has 4 nitrogen and oxygen atoms in total. The lowest BCUT2D eigenvalue weighted by molar-refractivity contribution is 0.519. The molecule has 27 heavy (non-hydrogen) atoms. The van der Waals surface area contributed by atoms with Crippen LogP contribution >= 0.6 is 23.1 Å². The Morgan fingerprint density at radius 2 is 1.89 bits per heavy atom. The molecule has 0 aliphatic carbocycles. The number of benzene rings is 1. The second-order valence-corrected chi connectivity index (χ2v) is 9.43. The number of hydrogen-bond acceptors (Lipinski definition) is 5. The van der Waals surface area contributed by atoms with E-state index in [0.717, 1.165) is 20.8 Å². The third kappa shape index (κ3) is 3.95. The van der Waals surface area contributed by atoms with Crippen molar-refractivity contribution in [2.75, 3.05) is 0 Å². The first-order valence-corrected chi connectivity index (χ1v) is 10.7. The van der Waals surface area contributed by atoms with Crippen molar-refractivity contribution in [2.24, 2.45) is 0 Å². The van der Waals surface area contributed by atoms with E-state index in [9.17, 15) is 10.1 Å². The molecule has 3 aromatic rings. The summed E-state index contributed by atoms with van der Waals surface area (Å²) in [6.45, 7) is 10.0. The lowest BCUT2D eigenvalue weighted by atomic mass is 10.1. The molecule has 1 aromatic carbocycles. The number of nitrogens with zero attached hydrogens (tertiary/aromatic N) is 3. The number of thioether (sulfide) groups is 1. The van der Waals surface area contributed by atoms with Crippen molar-refractivity contribution in [3.63, 3.8) is 0 Å². The zero-order valence-corrected chi connectivity index (χ0v) is 17.9. The Morgan fingerprint density at radius 1 is 1.22 bits per heavy atom. The van der Waals surface area contributed by atoms with Crippen LogP contribution in [0.1, 0.15) is 41.5 Å². The van der Waals surface area contributed by atoms with E-state index in [-0.39, 0.29) is 16.9 Å². The van der Waals surface area contributed by atoms with E-state index >= 15 is 0 Å². The highest BCUT2D eigenvalue weighted by atomic mass is 32.2. The summed E-state index contributed by atoms with van der Waals surface area (Å²) in [5, 5.41) is 10.7. The first-order chi connectivity index (χ1) is 12.8. The number of fused-ring (bicyclic) bond motifs is 1. The molecule has 0 amide bonds. The third-order valence-corrected chi connectivity index (χ3v) is 6.81. The van der Waals surface area contributed by atoms with Crippen molar-refractivity contribution in [3.8, 4) is 6.07 Å². The van der Waals surface area contributed by atoms with Gasteiger partial charge in [0.2, 0.25) is 0 Å². The number of aryl methyl sites for hydroxylation is 3. The van der Waals surface area contributed by atoms with Gasteiger partial charge in [-0.05, 0) is 52.2 Å². The van der Waals surface area contributed by atoms with Gasteiger partial charge in [-0.15, -0.1) is 11.3 Å². The molecule has 0 spiro atoms. The zero-order valence-electron chi connectivity index (χ0n) is 16.2. The molecule has 2 aromatic heterocycles. The highest BCUT2D eigenvalue weighted by Crippen LogP contribution is 2.31. The first kappa shape index (κ1) is 19.7. The highest BCUT2D eigenvalue weighted by molar-refractivity contribution is 8.00. The predicted octanol–water partition coefficient (Wildman–Crippen LogP) is 5.19. The Bertz CT molecular complexity index is 1070. The van der Waals surface area contributed by atoms with Gasteiger partial charge in [-0.3, -0.25) is 9.36 Å². The van der Waals surface area contributed by atoms with Gasteiger partial charge in [0.15, 0.2) is 5.16 Å². The lowest BCUT2D eigenvalue weighted by Crippen LogP contribution is -2.25. The van der Waals surface area contributed by atoms with Crippen LogP contribution in [0.5, 0.6) is 0 Å². The van der Waals surface area contributed by atoms with Gasteiger partial charge in [-0.2, -0.15) is 5.26 Å². The van der Waals surface area contributed by atoms with Crippen molar-refractivity contribution < 1.29 is 0 Å². The average Bonchev–Trinajstić information content (AvgIpc) is 2.90. The van der Waals surface area contributed by atoms with Crippen LogP contribution < -0.4 is 5.56 Å². The molecule has 0 aliphatic rings. The maximum Gasteiger partial charge on any atom is 0.263 e. The summed E-state index contributed by atoms with van der Waals surface area (Å²) in [7, 11) is 0. The summed E-state index contributed by atoms with van der Waals surface area (Å²) in [6.07, 6.45) is 0.621. The standard InChI is InChI=1S/C21H23N3OS2/c1-12(2)24-20(25)18-14(4)15(5)26-19(18)23-21(24)27-17(11-22)10-16-8-6-13(3)7-9-16/h6-9,12,17H,10H2,1-5H3. The SMILES string of the molecule is Cc1ccc(CC(C#N)Sc2nc3sc(C)c(C)c3c(=O)n2C(C)C)cc1. The summed E-state index contributed by atoms with van der Waals surface area (Å²) in [5.74, 6) is 0. The van der Waals surface area contributed by atoms with Crippen molar-refractivity contribution >= 4 is 33.3 Å². The smallest absolute Gasteiger partial charge is 0.263 e. The van der Waals surface area contributed by atoms with Gasteiger partial charge >= 0.3 is 0 Å². The molecule has 0 fully saturated rings. The van der Waals surface area contributed by atoms with Crippen LogP contribution in [0.3, 0.4) is 0 Å². The Balaban J connectivity index is 2.02. The van der Waals surface area contributed by atoms with Crippen LogP contribution in [0.4, 0.5) is 0 Å². The van der Waals surface area contributed by atoms with Crippen molar-refractivity contribution in [3.05, 3.63) is 56.2 Å². The molecule has 1 atom stereocenters. The average molecular weight is 398 g/mol. The van der Waals surface area contributed by atoms with Gasteiger partial charge < -0.3 is 0 Å². The zero-order chi connectivity index (χ0) is 19.7. The number of hydrogen-bond donors (Lipinski definition) is 0. The van der Waals surface area contributed by atoms with Crippen LogP contribution in [0.25, 0.3) is 10.2 Å². The molecule has 0 N–H and O–H groups in total. The molecule has 0 bridgehead atoms. The van der Waals surface area contributed by atoms with Crippen molar-refractivity contribution in [1.82, 2.24) is 9.55 Å². The fourth-order valence-corrected chi connectivity index (χ4v) is 5.22. The monoisotopic (exact) mass is 397 g/mol. The molecule has 0 aliphatic heterocycles. The summed E-state index contributed by atoms with van der Waals surface area (Å²) < 4.78 is 1.73. The molecular formula is C21H23N3OS2. The van der Waals surface area contributed by atoms with Gasteiger partial charge in [0.05, 0.1) is 11.5 Å². The van der Waals surface area contributed by atoms with Crippen molar-refractivity contribution in [1.29, 1.82) is 5.26 Å². The van der Waals surface area contributed by atoms with E-state index in [1.54, 1.807) is 15.9 Å². The summed E-state index contributed by atoms with van der Waals surface area (Å²) in [6, 6.07) is 10.6. The first-order valence-electron chi connectivity index (χ1n) is 8.95. The van der Waals surface area contributed by atoms with E-state index in [4.69, 9.17) is 4.98 Å². The second-order valence-electron chi connectivity index (χ2n) is 7.05. The van der Waals surface area contributed by atoms with E-state index < -0.39 is 0 Å². The molecule has 1 unspecified atom stereocenters. The fourth-order valence-electron chi connectivity index (χ4n) is 3.01. The normalized spacial score (nSPS) is 12.5. The van der Waals surface area contributed by atoms with E-state index in [2.05, 4.69) is 30.3 Å².